The second-order valence-electron chi connectivity index (χ2n) is 14.6. The smallest absolute Gasteiger partial charge is 0.407 e. The Morgan fingerprint density at radius 2 is 1.38 bits per heavy atom. The van der Waals surface area contributed by atoms with Gasteiger partial charge in [0.05, 0.1) is 35.8 Å². The van der Waals surface area contributed by atoms with E-state index in [0.717, 1.165) is 19.4 Å². The highest BCUT2D eigenvalue weighted by Gasteiger charge is 2.57. The number of alkyl carbamates (subject to hydrolysis) is 1. The number of halogens is 11. The third-order valence-corrected chi connectivity index (χ3v) is 10.3. The average Bonchev–Trinajstić information content (AvgIpc) is 3.64. The highest BCUT2D eigenvalue weighted by molar-refractivity contribution is 14.1. The van der Waals surface area contributed by atoms with E-state index in [1.807, 2.05) is 28.0 Å². The quantitative estimate of drug-likeness (QED) is 0.0514. The first-order chi connectivity index (χ1) is 28.0. The van der Waals surface area contributed by atoms with Gasteiger partial charge in [-0.3, -0.25) is 15.0 Å². The number of alkyl halides is 8. The Morgan fingerprint density at radius 1 is 0.852 bits per heavy atom. The van der Waals surface area contributed by atoms with Gasteiger partial charge in [-0.25, -0.2) is 28.1 Å². The van der Waals surface area contributed by atoms with Gasteiger partial charge in [-0.2, -0.15) is 40.2 Å². The summed E-state index contributed by atoms with van der Waals surface area (Å²) in [6.07, 6.45) is -15.7. The fourth-order valence-electron chi connectivity index (χ4n) is 5.62. The molecule has 6 N–H and O–H groups in total. The summed E-state index contributed by atoms with van der Waals surface area (Å²) in [5.41, 5.74) is -5.47. The van der Waals surface area contributed by atoms with Gasteiger partial charge in [0.25, 0.3) is 5.91 Å². The number of carbonyl (C=O) groups excluding carboxylic acids is 3. The Balaban J connectivity index is 2.15. The van der Waals surface area contributed by atoms with Crippen LogP contribution in [0.2, 0.25) is 0 Å². The first-order valence-electron chi connectivity index (χ1n) is 17.6. The van der Waals surface area contributed by atoms with E-state index < -0.39 is 115 Å². The maximum absolute atomic E-state index is 15.7. The number of aliphatic hydroxyl groups excluding tert-OH is 1. The zero-order chi connectivity index (χ0) is 46.4. The summed E-state index contributed by atoms with van der Waals surface area (Å²) in [6, 6.07) is 1.60. The van der Waals surface area contributed by atoms with Gasteiger partial charge in [-0.1, -0.05) is 12.1 Å². The van der Waals surface area contributed by atoms with Crippen LogP contribution in [0.5, 0.6) is 0 Å². The molecule has 0 saturated carbocycles. The van der Waals surface area contributed by atoms with Crippen molar-refractivity contribution in [3.63, 3.8) is 0 Å². The van der Waals surface area contributed by atoms with Crippen LogP contribution in [-0.2, 0) is 27.3 Å². The van der Waals surface area contributed by atoms with Gasteiger partial charge < -0.3 is 30.9 Å². The van der Waals surface area contributed by atoms with Crippen molar-refractivity contribution in [1.82, 2.24) is 36.2 Å². The molecule has 0 aliphatic rings. The molecule has 14 nitrogen and oxygen atoms in total. The molecule has 0 aliphatic carbocycles. The molecular weight excluding hydrogens is 959 g/mol. The second-order valence-corrected chi connectivity index (χ2v) is 15.9. The second kappa shape index (κ2) is 19.9. The van der Waals surface area contributed by atoms with E-state index in [2.05, 4.69) is 15.2 Å². The number of benzene rings is 2. The number of hydrazine groups is 1. The van der Waals surface area contributed by atoms with Crippen LogP contribution in [0.4, 0.5) is 53.5 Å². The van der Waals surface area contributed by atoms with E-state index in [9.17, 15) is 64.5 Å². The number of carboxylic acid groups (broad SMARTS) is 1. The van der Waals surface area contributed by atoms with Crippen molar-refractivity contribution in [2.45, 2.75) is 83.8 Å². The molecular formula is C36H40F10IN7O7. The number of hydrogen-bond donors (Lipinski definition) is 6. The summed E-state index contributed by atoms with van der Waals surface area (Å²) in [6.45, 7) is -3.26. The topological polar surface area (TPSA) is 187 Å². The largest absolute Gasteiger partial charge is 0.465 e. The van der Waals surface area contributed by atoms with E-state index in [0.29, 0.717) is 54.0 Å². The molecule has 2 aromatic carbocycles. The Hall–Kier alpha value is -4.92. The molecule has 0 spiro atoms. The van der Waals surface area contributed by atoms with Gasteiger partial charge in [0.15, 0.2) is 0 Å². The molecule has 4 amide bonds. The van der Waals surface area contributed by atoms with Gasteiger partial charge in [0.1, 0.15) is 23.7 Å². The van der Waals surface area contributed by atoms with Gasteiger partial charge >= 0.3 is 31.1 Å². The number of hydrogen-bond acceptors (Lipinski definition) is 8. The molecule has 0 unspecified atom stereocenters. The molecule has 1 heterocycles. The fraction of sp³-hybridized carbons (Fsp3) is 0.472. The SMILES string of the molecule is COC(=O)N[C@H](C(=O)NN(Cc1c(F)cc(-c2ccn(C(F)F)n2)cc1F)C[C@H](O)[C@H](Cc1ccc(I)cc1)NC(=O)[C@@H](NC(=O)O)C(C)(C)C(F)(F)F)C(C)(C)C(F)(F)F. The summed E-state index contributed by atoms with van der Waals surface area (Å²) in [5.74, 6) is -6.14. The molecule has 0 fully saturated rings. The zero-order valence-corrected chi connectivity index (χ0v) is 34.7. The summed E-state index contributed by atoms with van der Waals surface area (Å²) in [5, 5.41) is 30.4. The molecule has 0 saturated heterocycles. The van der Waals surface area contributed by atoms with Crippen molar-refractivity contribution < 1.29 is 78.0 Å². The summed E-state index contributed by atoms with van der Waals surface area (Å²) in [4.78, 5) is 50.9. The van der Waals surface area contributed by atoms with E-state index in [1.165, 1.54) is 17.4 Å². The summed E-state index contributed by atoms with van der Waals surface area (Å²) in [7, 11) is 0.773. The molecule has 0 radical (unpaired) electrons. The number of ether oxygens (including phenoxy) is 1. The zero-order valence-electron chi connectivity index (χ0n) is 32.6. The first-order valence-corrected chi connectivity index (χ1v) is 18.6. The van der Waals surface area contributed by atoms with Crippen molar-refractivity contribution in [2.24, 2.45) is 10.8 Å². The van der Waals surface area contributed by atoms with Crippen LogP contribution in [-0.4, -0.2) is 99.2 Å². The Kier molecular flexibility index (Phi) is 16.4. The lowest BCUT2D eigenvalue weighted by molar-refractivity contribution is -0.221. The number of methoxy groups -OCH3 is 1. The normalized spacial score (nSPS) is 14.5. The van der Waals surface area contributed by atoms with E-state index in [1.54, 1.807) is 17.4 Å². The van der Waals surface area contributed by atoms with Gasteiger partial charge in [-0.05, 0) is 92.6 Å². The lowest BCUT2D eigenvalue weighted by Gasteiger charge is -2.38. The number of nitrogens with zero attached hydrogens (tertiary/aromatic N) is 3. The van der Waals surface area contributed by atoms with Gasteiger partial charge in [0.2, 0.25) is 5.91 Å². The molecule has 61 heavy (non-hydrogen) atoms. The number of aromatic nitrogens is 2. The minimum atomic E-state index is -5.21. The third kappa shape index (κ3) is 12.8. The number of amides is 4. The van der Waals surface area contributed by atoms with Gasteiger partial charge in [0, 0.05) is 34.0 Å². The van der Waals surface area contributed by atoms with Crippen molar-refractivity contribution >= 4 is 46.6 Å². The van der Waals surface area contributed by atoms with Crippen LogP contribution in [0.3, 0.4) is 0 Å². The standard InChI is InChI=1S/C36H40F10IN7O7/c1-33(2,35(41,42)43)26(49-31(58)59)28(56)48-24(12-17-6-8-19(47)9-7-17)25(55)16-53(52-29(57)27(50-32(60)61-5)34(3,4)36(44,45)46)15-20-21(37)13-18(14-22(20)38)23-10-11-54(51-23)30(39)40/h6-11,13-14,24-27,30,49,55H,12,15-16H2,1-5H3,(H,48,56)(H,50,60)(H,52,57)(H,58,59)/t24-,25-,26+,27+/m0/s1. The number of carbonyl (C=O) groups is 4. The van der Waals surface area contributed by atoms with E-state index in [4.69, 9.17) is 0 Å². The Labute approximate surface area is 354 Å². The lowest BCUT2D eigenvalue weighted by Crippen LogP contribution is -2.63. The minimum absolute atomic E-state index is 0.189. The molecule has 3 rings (SSSR count). The fourth-order valence-corrected chi connectivity index (χ4v) is 5.97. The monoisotopic (exact) mass is 999 g/mol. The molecule has 0 aliphatic heterocycles. The highest BCUT2D eigenvalue weighted by atomic mass is 127. The Morgan fingerprint density at radius 3 is 1.84 bits per heavy atom. The predicted molar refractivity (Wildman–Crippen MR) is 202 cm³/mol. The maximum Gasteiger partial charge on any atom is 0.407 e. The average molecular weight is 1000 g/mol. The molecule has 338 valence electrons. The summed E-state index contributed by atoms with van der Waals surface area (Å²) < 4.78 is 148. The maximum atomic E-state index is 15.7. The van der Waals surface area contributed by atoms with Crippen LogP contribution >= 0.6 is 22.6 Å². The lowest BCUT2D eigenvalue weighted by atomic mass is 9.82. The molecule has 25 heteroatoms. The molecule has 1 aromatic heterocycles. The van der Waals surface area contributed by atoms with Crippen molar-refractivity contribution in [3.05, 3.63) is 75.0 Å². The molecule has 4 atom stereocenters. The predicted octanol–water partition coefficient (Wildman–Crippen LogP) is 6.29. The van der Waals surface area contributed by atoms with E-state index in [-0.39, 0.29) is 15.9 Å². The number of aliphatic hydroxyl groups is 1. The number of nitrogens with one attached hydrogen (secondary N) is 4. The highest BCUT2D eigenvalue weighted by Crippen LogP contribution is 2.42. The minimum Gasteiger partial charge on any atom is -0.465 e. The van der Waals surface area contributed by atoms with Crippen LogP contribution in [0.1, 0.15) is 45.4 Å². The van der Waals surface area contributed by atoms with Crippen molar-refractivity contribution in [1.29, 1.82) is 0 Å². The Bertz CT molecular complexity index is 2010. The molecule has 3 aromatic rings. The van der Waals surface area contributed by atoms with Crippen LogP contribution in [0.15, 0.2) is 48.7 Å². The summed E-state index contributed by atoms with van der Waals surface area (Å²) >= 11 is 1.94. The van der Waals surface area contributed by atoms with Crippen molar-refractivity contribution in [3.8, 4) is 11.3 Å². The number of rotatable bonds is 17. The van der Waals surface area contributed by atoms with E-state index >= 15 is 8.78 Å². The third-order valence-electron chi connectivity index (χ3n) is 9.58. The van der Waals surface area contributed by atoms with Crippen LogP contribution in [0.25, 0.3) is 11.3 Å². The van der Waals surface area contributed by atoms with Gasteiger partial charge in [-0.15, -0.1) is 0 Å². The van der Waals surface area contributed by atoms with Crippen LogP contribution < -0.4 is 21.4 Å². The first kappa shape index (κ1) is 50.4. The molecule has 0 bridgehead atoms. The van der Waals surface area contributed by atoms with Crippen molar-refractivity contribution in [2.75, 3.05) is 13.7 Å². The van der Waals surface area contributed by atoms with Crippen LogP contribution in [0, 0.1) is 26.0 Å².